The standard InChI is InChI=1S/C9H9F2N3O3/c1-17-7-6(8(15)16)12-2-5(13-7)14-3-9(10,11)4-14/h2H,3-4H2,1H3,(H,15,16). The van der Waals surface area contributed by atoms with Crippen molar-refractivity contribution >= 4 is 11.8 Å². The van der Waals surface area contributed by atoms with Crippen LogP contribution >= 0.6 is 0 Å². The lowest BCUT2D eigenvalue weighted by Gasteiger charge is -2.39. The molecule has 1 saturated heterocycles. The van der Waals surface area contributed by atoms with E-state index >= 15 is 0 Å². The molecular weight excluding hydrogens is 236 g/mol. The number of ether oxygens (including phenoxy) is 1. The summed E-state index contributed by atoms with van der Waals surface area (Å²) in [6, 6.07) is 0. The molecule has 1 N–H and O–H groups in total. The number of rotatable bonds is 3. The minimum absolute atomic E-state index is 0.178. The highest BCUT2D eigenvalue weighted by atomic mass is 19.3. The second kappa shape index (κ2) is 3.79. The van der Waals surface area contributed by atoms with Gasteiger partial charge in [-0.2, -0.15) is 4.98 Å². The fourth-order valence-electron chi connectivity index (χ4n) is 1.48. The summed E-state index contributed by atoms with van der Waals surface area (Å²) in [5.41, 5.74) is -0.344. The molecule has 6 nitrogen and oxygen atoms in total. The number of alkyl halides is 2. The third-order valence-corrected chi connectivity index (χ3v) is 2.29. The summed E-state index contributed by atoms with van der Waals surface area (Å²) < 4.78 is 30.0. The molecule has 2 heterocycles. The number of anilines is 1. The summed E-state index contributed by atoms with van der Waals surface area (Å²) in [6.07, 6.45) is 1.14. The van der Waals surface area contributed by atoms with E-state index in [4.69, 9.17) is 9.84 Å². The number of carboxylic acid groups (broad SMARTS) is 1. The number of carboxylic acids is 1. The van der Waals surface area contributed by atoms with Gasteiger partial charge in [-0.1, -0.05) is 0 Å². The van der Waals surface area contributed by atoms with Crippen LogP contribution in [0.4, 0.5) is 14.6 Å². The first-order valence-corrected chi connectivity index (χ1v) is 4.70. The summed E-state index contributed by atoms with van der Waals surface area (Å²) in [6.45, 7) is -0.894. The Balaban J connectivity index is 2.24. The van der Waals surface area contributed by atoms with Gasteiger partial charge in [-0.25, -0.2) is 18.6 Å². The molecule has 92 valence electrons. The zero-order valence-corrected chi connectivity index (χ0v) is 8.85. The highest BCUT2D eigenvalue weighted by Gasteiger charge is 2.44. The third-order valence-electron chi connectivity index (χ3n) is 2.29. The van der Waals surface area contributed by atoms with E-state index < -0.39 is 25.0 Å². The number of halogens is 2. The van der Waals surface area contributed by atoms with E-state index in [1.54, 1.807) is 0 Å². The Kier molecular flexibility index (Phi) is 2.56. The Morgan fingerprint density at radius 3 is 2.71 bits per heavy atom. The first kappa shape index (κ1) is 11.5. The average Bonchev–Trinajstić information content (AvgIpc) is 2.24. The van der Waals surface area contributed by atoms with Gasteiger partial charge in [0.15, 0.2) is 5.82 Å². The fraction of sp³-hybridized carbons (Fsp3) is 0.444. The van der Waals surface area contributed by atoms with Crippen molar-refractivity contribution in [1.82, 2.24) is 9.97 Å². The normalized spacial score (nSPS) is 17.5. The average molecular weight is 245 g/mol. The first-order chi connectivity index (χ1) is 7.93. The maximum Gasteiger partial charge on any atom is 0.360 e. The Bertz CT molecular complexity index is 459. The monoisotopic (exact) mass is 245 g/mol. The van der Waals surface area contributed by atoms with Crippen molar-refractivity contribution in [2.24, 2.45) is 0 Å². The van der Waals surface area contributed by atoms with Crippen LogP contribution in [0.25, 0.3) is 0 Å². The van der Waals surface area contributed by atoms with Gasteiger partial charge in [0.25, 0.3) is 5.92 Å². The number of carbonyl (C=O) groups is 1. The SMILES string of the molecule is COc1nc(N2CC(F)(F)C2)cnc1C(=O)O. The number of hydrogen-bond acceptors (Lipinski definition) is 5. The fourth-order valence-corrected chi connectivity index (χ4v) is 1.48. The van der Waals surface area contributed by atoms with Gasteiger partial charge in [0.05, 0.1) is 26.4 Å². The maximum atomic E-state index is 12.6. The molecule has 0 bridgehead atoms. The van der Waals surface area contributed by atoms with E-state index in [2.05, 4.69) is 9.97 Å². The molecule has 0 atom stereocenters. The Morgan fingerprint density at radius 2 is 2.24 bits per heavy atom. The van der Waals surface area contributed by atoms with Crippen LogP contribution in [-0.4, -0.2) is 47.2 Å². The van der Waals surface area contributed by atoms with E-state index in [1.165, 1.54) is 12.0 Å². The summed E-state index contributed by atoms with van der Waals surface area (Å²) >= 11 is 0. The van der Waals surface area contributed by atoms with Crippen molar-refractivity contribution in [3.8, 4) is 5.88 Å². The quantitative estimate of drug-likeness (QED) is 0.842. The molecule has 0 saturated carbocycles. The third kappa shape index (κ3) is 2.10. The minimum atomic E-state index is -2.72. The summed E-state index contributed by atoms with van der Waals surface area (Å²) in [7, 11) is 1.24. The van der Waals surface area contributed by atoms with Gasteiger partial charge in [-0.05, 0) is 0 Å². The van der Waals surface area contributed by atoms with Gasteiger partial charge in [0.1, 0.15) is 0 Å². The Labute approximate surface area is 94.8 Å². The van der Waals surface area contributed by atoms with Crippen molar-refractivity contribution in [3.63, 3.8) is 0 Å². The lowest BCUT2D eigenvalue weighted by atomic mass is 10.1. The molecule has 0 aliphatic carbocycles. The molecule has 0 unspecified atom stereocenters. The lowest BCUT2D eigenvalue weighted by molar-refractivity contribution is -0.0268. The van der Waals surface area contributed by atoms with Crippen LogP contribution in [0, 0.1) is 0 Å². The van der Waals surface area contributed by atoms with Crippen molar-refractivity contribution < 1.29 is 23.4 Å². The molecular formula is C9H9F2N3O3. The minimum Gasteiger partial charge on any atom is -0.479 e. The van der Waals surface area contributed by atoms with E-state index in [0.717, 1.165) is 6.20 Å². The van der Waals surface area contributed by atoms with Crippen molar-refractivity contribution in [2.45, 2.75) is 5.92 Å². The molecule has 2 rings (SSSR count). The number of methoxy groups -OCH3 is 1. The van der Waals surface area contributed by atoms with Crippen LogP contribution in [-0.2, 0) is 0 Å². The molecule has 1 aromatic heterocycles. The largest absolute Gasteiger partial charge is 0.479 e. The molecule has 1 fully saturated rings. The summed E-state index contributed by atoms with van der Waals surface area (Å²) in [5.74, 6) is -4.02. The topological polar surface area (TPSA) is 75.5 Å². The predicted molar refractivity (Wildman–Crippen MR) is 52.7 cm³/mol. The molecule has 0 spiro atoms. The van der Waals surface area contributed by atoms with Crippen LogP contribution in [0.5, 0.6) is 5.88 Å². The zero-order chi connectivity index (χ0) is 12.6. The van der Waals surface area contributed by atoms with Gasteiger partial charge < -0.3 is 14.7 Å². The van der Waals surface area contributed by atoms with Gasteiger partial charge in [-0.15, -0.1) is 0 Å². The van der Waals surface area contributed by atoms with Crippen LogP contribution in [0.2, 0.25) is 0 Å². The molecule has 1 aliphatic heterocycles. The smallest absolute Gasteiger partial charge is 0.360 e. The molecule has 0 radical (unpaired) electrons. The van der Waals surface area contributed by atoms with E-state index in [-0.39, 0.29) is 17.4 Å². The molecule has 1 aliphatic rings. The highest BCUT2D eigenvalue weighted by molar-refractivity contribution is 5.88. The van der Waals surface area contributed by atoms with Gasteiger partial charge in [0, 0.05) is 0 Å². The maximum absolute atomic E-state index is 12.6. The molecule has 0 aromatic carbocycles. The van der Waals surface area contributed by atoms with Gasteiger partial charge in [0.2, 0.25) is 11.6 Å². The van der Waals surface area contributed by atoms with E-state index in [9.17, 15) is 13.6 Å². The van der Waals surface area contributed by atoms with Gasteiger partial charge >= 0.3 is 5.97 Å². The van der Waals surface area contributed by atoms with Crippen molar-refractivity contribution in [3.05, 3.63) is 11.9 Å². The van der Waals surface area contributed by atoms with Crippen LogP contribution in [0.3, 0.4) is 0 Å². The van der Waals surface area contributed by atoms with Crippen LogP contribution in [0.1, 0.15) is 10.5 Å². The second-order valence-corrected chi connectivity index (χ2v) is 3.60. The second-order valence-electron chi connectivity index (χ2n) is 3.60. The van der Waals surface area contributed by atoms with Crippen molar-refractivity contribution in [2.75, 3.05) is 25.1 Å². The number of aromatic carboxylic acids is 1. The van der Waals surface area contributed by atoms with Crippen LogP contribution in [0.15, 0.2) is 6.20 Å². The highest BCUT2D eigenvalue weighted by Crippen LogP contribution is 2.31. The number of aromatic nitrogens is 2. The van der Waals surface area contributed by atoms with Crippen molar-refractivity contribution in [1.29, 1.82) is 0 Å². The number of nitrogens with zero attached hydrogens (tertiary/aromatic N) is 3. The Hall–Kier alpha value is -1.99. The summed E-state index contributed by atoms with van der Waals surface area (Å²) in [4.78, 5) is 19.5. The van der Waals surface area contributed by atoms with E-state index in [1.807, 2.05) is 0 Å². The van der Waals surface area contributed by atoms with Gasteiger partial charge in [-0.3, -0.25) is 0 Å². The molecule has 17 heavy (non-hydrogen) atoms. The first-order valence-electron chi connectivity index (χ1n) is 4.70. The Morgan fingerprint density at radius 1 is 1.59 bits per heavy atom. The van der Waals surface area contributed by atoms with E-state index in [0.29, 0.717) is 0 Å². The molecule has 1 aromatic rings. The lowest BCUT2D eigenvalue weighted by Crippen LogP contribution is -2.56. The van der Waals surface area contributed by atoms with Crippen LogP contribution < -0.4 is 9.64 Å². The zero-order valence-electron chi connectivity index (χ0n) is 8.85. The predicted octanol–water partition coefficient (Wildman–Crippen LogP) is 0.639. The molecule has 8 heteroatoms. The summed E-state index contributed by atoms with van der Waals surface area (Å²) in [5, 5.41) is 8.76. The number of hydrogen-bond donors (Lipinski definition) is 1. The molecule has 0 amide bonds.